The van der Waals surface area contributed by atoms with Crippen LogP contribution in [0.1, 0.15) is 71.2 Å². The third-order valence-corrected chi connectivity index (χ3v) is 5.43. The lowest BCUT2D eigenvalue weighted by molar-refractivity contribution is -0.123. The van der Waals surface area contributed by atoms with E-state index in [2.05, 4.69) is 87.1 Å². The van der Waals surface area contributed by atoms with Crippen molar-refractivity contribution in [3.05, 3.63) is 63.6 Å². The number of carbonyl (C=O) groups excluding carboxylic acids is 1. The van der Waals surface area contributed by atoms with Crippen LogP contribution in [-0.4, -0.2) is 12.5 Å². The summed E-state index contributed by atoms with van der Waals surface area (Å²) in [6, 6.07) is 14.3. The smallest absolute Gasteiger partial charge is 0.258 e. The third kappa shape index (κ3) is 6.10. The first-order chi connectivity index (χ1) is 12.9. The molecule has 2 aromatic rings. The number of nitrogens with one attached hydrogen (secondary N) is 1. The van der Waals surface area contributed by atoms with Crippen molar-refractivity contribution in [2.24, 2.45) is 0 Å². The molecule has 0 aliphatic carbocycles. The molecule has 1 amide bonds. The summed E-state index contributed by atoms with van der Waals surface area (Å²) in [5.74, 6) is 0.532. The first-order valence-electron chi connectivity index (χ1n) is 9.70. The van der Waals surface area contributed by atoms with Crippen LogP contribution in [0.3, 0.4) is 0 Å². The van der Waals surface area contributed by atoms with Gasteiger partial charge in [0.25, 0.3) is 5.91 Å². The Balaban J connectivity index is 1.93. The average Bonchev–Trinajstić information content (AvgIpc) is 2.59. The van der Waals surface area contributed by atoms with Gasteiger partial charge in [0.1, 0.15) is 5.75 Å². The second-order valence-electron chi connectivity index (χ2n) is 9.35. The highest BCUT2D eigenvalue weighted by atomic mass is 79.9. The molecular formula is C24H32BrNO2. The molecule has 28 heavy (non-hydrogen) atoms. The topological polar surface area (TPSA) is 38.3 Å². The summed E-state index contributed by atoms with van der Waals surface area (Å²) < 4.78 is 6.57. The van der Waals surface area contributed by atoms with Crippen LogP contribution in [0, 0.1) is 0 Å². The normalized spacial score (nSPS) is 13.1. The molecule has 1 atom stereocenters. The van der Waals surface area contributed by atoms with Crippen LogP contribution in [0.15, 0.2) is 46.9 Å². The fourth-order valence-electron chi connectivity index (χ4n) is 2.87. The zero-order chi connectivity index (χ0) is 21.1. The summed E-state index contributed by atoms with van der Waals surface area (Å²) in [6.07, 6.45) is 0. The zero-order valence-corrected chi connectivity index (χ0v) is 19.6. The number of hydrogen-bond donors (Lipinski definition) is 1. The molecule has 0 heterocycles. The number of halogens is 1. The first kappa shape index (κ1) is 22.5. The number of hydrogen-bond acceptors (Lipinski definition) is 2. The van der Waals surface area contributed by atoms with Gasteiger partial charge in [-0.25, -0.2) is 0 Å². The van der Waals surface area contributed by atoms with E-state index in [4.69, 9.17) is 4.74 Å². The average molecular weight is 446 g/mol. The van der Waals surface area contributed by atoms with Crippen LogP contribution in [0.5, 0.6) is 5.75 Å². The second-order valence-corrected chi connectivity index (χ2v) is 10.2. The molecule has 152 valence electrons. The molecule has 0 aliphatic heterocycles. The molecule has 0 saturated carbocycles. The van der Waals surface area contributed by atoms with Crippen molar-refractivity contribution < 1.29 is 9.53 Å². The Bertz CT molecular complexity index is 814. The minimum absolute atomic E-state index is 0.0160. The van der Waals surface area contributed by atoms with Gasteiger partial charge in [0.15, 0.2) is 6.61 Å². The summed E-state index contributed by atoms with van der Waals surface area (Å²) in [5.41, 5.74) is 3.76. The molecule has 0 saturated heterocycles. The minimum atomic E-state index is -0.140. The van der Waals surface area contributed by atoms with E-state index in [9.17, 15) is 4.79 Å². The van der Waals surface area contributed by atoms with E-state index in [1.165, 1.54) is 11.1 Å². The number of ether oxygens (including phenoxy) is 1. The van der Waals surface area contributed by atoms with E-state index in [-0.39, 0.29) is 29.4 Å². The predicted molar refractivity (Wildman–Crippen MR) is 120 cm³/mol. The largest absolute Gasteiger partial charge is 0.483 e. The van der Waals surface area contributed by atoms with Gasteiger partial charge < -0.3 is 10.1 Å². The molecule has 1 N–H and O–H groups in total. The summed E-state index contributed by atoms with van der Waals surface area (Å²) in [5, 5.41) is 3.00. The fraction of sp³-hybridized carbons (Fsp3) is 0.458. The van der Waals surface area contributed by atoms with E-state index in [1.54, 1.807) is 0 Å². The molecule has 4 heteroatoms. The van der Waals surface area contributed by atoms with Crippen molar-refractivity contribution in [1.82, 2.24) is 5.32 Å². The maximum atomic E-state index is 12.3. The molecule has 2 rings (SSSR count). The van der Waals surface area contributed by atoms with Gasteiger partial charge >= 0.3 is 0 Å². The quantitative estimate of drug-likeness (QED) is 0.585. The van der Waals surface area contributed by atoms with Gasteiger partial charge in [0.05, 0.1) is 10.5 Å². The third-order valence-electron chi connectivity index (χ3n) is 4.81. The summed E-state index contributed by atoms with van der Waals surface area (Å²) in [6.45, 7) is 15.0. The highest BCUT2D eigenvalue weighted by molar-refractivity contribution is 9.10. The molecule has 0 bridgehead atoms. The highest BCUT2D eigenvalue weighted by Gasteiger charge is 2.17. The Kier molecular flexibility index (Phi) is 6.97. The number of carbonyl (C=O) groups is 1. The SMILES string of the molecule is C[C@H](NC(=O)COc1ccc(C(C)(C)C)cc1Br)c1ccc(C(C)(C)C)cc1. The van der Waals surface area contributed by atoms with Crippen LogP contribution >= 0.6 is 15.9 Å². The summed E-state index contributed by atoms with van der Waals surface area (Å²) in [4.78, 5) is 12.3. The van der Waals surface area contributed by atoms with Crippen LogP contribution in [0.2, 0.25) is 0 Å². The maximum Gasteiger partial charge on any atom is 0.258 e. The summed E-state index contributed by atoms with van der Waals surface area (Å²) >= 11 is 3.54. The molecule has 3 nitrogen and oxygen atoms in total. The van der Waals surface area contributed by atoms with Crippen LogP contribution in [0.4, 0.5) is 0 Å². The van der Waals surface area contributed by atoms with E-state index in [0.29, 0.717) is 5.75 Å². The molecular weight excluding hydrogens is 414 g/mol. The lowest BCUT2D eigenvalue weighted by Gasteiger charge is -2.21. The number of benzene rings is 2. The summed E-state index contributed by atoms with van der Waals surface area (Å²) in [7, 11) is 0. The Hall–Kier alpha value is -1.81. The van der Waals surface area contributed by atoms with E-state index in [0.717, 1.165) is 10.0 Å². The maximum absolute atomic E-state index is 12.3. The van der Waals surface area contributed by atoms with Gasteiger partial charge in [-0.05, 0) is 62.5 Å². The van der Waals surface area contributed by atoms with Crippen molar-refractivity contribution in [2.75, 3.05) is 6.61 Å². The van der Waals surface area contributed by atoms with Crippen molar-refractivity contribution in [2.45, 2.75) is 65.3 Å². The lowest BCUT2D eigenvalue weighted by Crippen LogP contribution is -2.31. The van der Waals surface area contributed by atoms with Crippen molar-refractivity contribution in [1.29, 1.82) is 0 Å². The fourth-order valence-corrected chi connectivity index (χ4v) is 3.36. The molecule has 2 aromatic carbocycles. The van der Waals surface area contributed by atoms with Gasteiger partial charge in [-0.3, -0.25) is 4.79 Å². The van der Waals surface area contributed by atoms with Gasteiger partial charge in [-0.15, -0.1) is 0 Å². The van der Waals surface area contributed by atoms with Crippen molar-refractivity contribution in [3.8, 4) is 5.75 Å². The van der Waals surface area contributed by atoms with Gasteiger partial charge in [0, 0.05) is 0 Å². The van der Waals surface area contributed by atoms with Crippen LogP contribution < -0.4 is 10.1 Å². The molecule has 0 aromatic heterocycles. The Morgan fingerprint density at radius 3 is 2.00 bits per heavy atom. The van der Waals surface area contributed by atoms with E-state index < -0.39 is 0 Å². The van der Waals surface area contributed by atoms with Crippen LogP contribution in [0.25, 0.3) is 0 Å². The molecule has 0 radical (unpaired) electrons. The number of amides is 1. The standard InChI is InChI=1S/C24H32BrNO2/c1-16(17-8-10-18(11-9-17)23(2,3)4)26-22(27)15-28-21-13-12-19(14-20(21)25)24(5,6)7/h8-14,16H,15H2,1-7H3,(H,26,27)/t16-/m0/s1. The molecule has 0 aliphatic rings. The van der Waals surface area contributed by atoms with Gasteiger partial charge in [-0.2, -0.15) is 0 Å². The number of rotatable bonds is 5. The predicted octanol–water partition coefficient (Wildman–Crippen LogP) is 6.30. The molecule has 0 spiro atoms. The van der Waals surface area contributed by atoms with E-state index >= 15 is 0 Å². The highest BCUT2D eigenvalue weighted by Crippen LogP contribution is 2.31. The Morgan fingerprint density at radius 2 is 1.50 bits per heavy atom. The van der Waals surface area contributed by atoms with Crippen molar-refractivity contribution >= 4 is 21.8 Å². The lowest BCUT2D eigenvalue weighted by atomic mass is 9.86. The molecule has 0 fully saturated rings. The van der Waals surface area contributed by atoms with Gasteiger partial charge in [0.2, 0.25) is 0 Å². The second kappa shape index (κ2) is 8.69. The van der Waals surface area contributed by atoms with Crippen LogP contribution in [-0.2, 0) is 15.6 Å². The monoisotopic (exact) mass is 445 g/mol. The minimum Gasteiger partial charge on any atom is -0.483 e. The molecule has 0 unspecified atom stereocenters. The Labute approximate surface area is 178 Å². The Morgan fingerprint density at radius 1 is 0.964 bits per heavy atom. The van der Waals surface area contributed by atoms with E-state index in [1.807, 2.05) is 25.1 Å². The van der Waals surface area contributed by atoms with Gasteiger partial charge in [-0.1, -0.05) is 71.9 Å². The zero-order valence-electron chi connectivity index (χ0n) is 18.0. The van der Waals surface area contributed by atoms with Crippen molar-refractivity contribution in [3.63, 3.8) is 0 Å². The first-order valence-corrected chi connectivity index (χ1v) is 10.5.